The molecule has 0 bridgehead atoms. The number of hydrogen-bond donors (Lipinski definition) is 3. The van der Waals surface area contributed by atoms with E-state index in [2.05, 4.69) is 16.0 Å². The molecule has 3 saturated carbocycles. The maximum absolute atomic E-state index is 15.4. The number of carbonyl (C=O) groups is 11. The molecule has 26 heteroatoms. The van der Waals surface area contributed by atoms with Gasteiger partial charge in [-0.05, 0) is 112 Å². The highest BCUT2D eigenvalue weighted by Crippen LogP contribution is 2.38. The van der Waals surface area contributed by atoms with E-state index < -0.39 is 155 Å². The molecule has 5 fully saturated rings. The Morgan fingerprint density at radius 1 is 0.628 bits per heavy atom. The van der Waals surface area contributed by atoms with Gasteiger partial charge in [0.05, 0.1) is 30.2 Å². The summed E-state index contributed by atoms with van der Waals surface area (Å²) in [6, 6.07) is -4.37. The Labute approximate surface area is 558 Å². The van der Waals surface area contributed by atoms with Crippen LogP contribution in [0.15, 0.2) is 18.2 Å². The van der Waals surface area contributed by atoms with Gasteiger partial charge in [0.25, 0.3) is 0 Å². The van der Waals surface area contributed by atoms with Gasteiger partial charge in [-0.25, -0.2) is 0 Å². The summed E-state index contributed by atoms with van der Waals surface area (Å²) in [5, 5.41) is 8.21. The van der Waals surface area contributed by atoms with Crippen LogP contribution in [0.2, 0.25) is 5.02 Å². The zero-order valence-electron chi connectivity index (χ0n) is 57.5. The number of amides is 11. The molecule has 2 aliphatic heterocycles. The smallest absolute Gasteiger partial charge is 0.343 e. The molecule has 2 saturated heterocycles. The molecule has 94 heavy (non-hydrogen) atoms. The lowest BCUT2D eigenvalue weighted by atomic mass is 9.81. The SMILES string of the molecule is CC[C@H](C)[C@@H]1NC(=O)[C@H](CC(C)C)N(C)C(=O)C[C@@H](C)N(C)C(=O)[C@H](C2CCCCC2)N(C)C(=O)C2(CCCC2)NC(=O)[C@@H]2CCCN2C(=O)[C@H](CCc2ccc(C(F)(F)F)c(Cl)c2)NC(=O)CN(C)C(=O)[C@H](CC2CCCCC2)N(C)C(=O)CN(C)C(=O)CN(C)C1=O. The second-order valence-electron chi connectivity index (χ2n) is 28.1. The van der Waals surface area contributed by atoms with Crippen molar-refractivity contribution in [1.29, 1.82) is 0 Å². The lowest BCUT2D eigenvalue weighted by Gasteiger charge is -2.43. The van der Waals surface area contributed by atoms with Crippen LogP contribution in [0.4, 0.5) is 13.2 Å². The van der Waals surface area contributed by atoms with Crippen LogP contribution in [-0.4, -0.2) is 228 Å². The number of halogens is 4. The van der Waals surface area contributed by atoms with Gasteiger partial charge in [0.15, 0.2) is 0 Å². The number of aryl methyl sites for hydroxylation is 1. The van der Waals surface area contributed by atoms with Gasteiger partial charge in [0.2, 0.25) is 65.0 Å². The predicted molar refractivity (Wildman–Crippen MR) is 349 cm³/mol. The van der Waals surface area contributed by atoms with Gasteiger partial charge in [-0.3, -0.25) is 52.7 Å². The minimum absolute atomic E-state index is 0.0350. The molecule has 11 amide bonds. The number of rotatable bonds is 10. The Bertz CT molecular complexity index is 2880. The van der Waals surface area contributed by atoms with Crippen LogP contribution in [0.1, 0.15) is 181 Å². The predicted octanol–water partition coefficient (Wildman–Crippen LogP) is 6.43. The standard InChI is InChI=1S/C68H105ClF3N11O11/c1-13-43(4)58-64(92)78(8)40-56(86)76(6)41-57(87)81(11)53(38-45-23-16-14-17-24-45)63(91)77(7)39-54(84)73-50(31-29-46-28-30-48(49(69)37-46)68(70,71)72)62(90)83-34-22-27-51(83)61(89)75-67(32-20-21-33-67)66(94)82(12)59(47-25-18-15-19-26-47)65(93)79(9)44(5)36-55(85)80(10)52(35-42(2)3)60(88)74-58/h28,30,37,42-45,47,50-53,58-59H,13-27,29,31-36,38-41H2,1-12H3,(H,73,84)(H,74,88)(H,75,89)/t43-,44+,50-,51-,52-,53-,58-,59-/m0/s1. The highest BCUT2D eigenvalue weighted by atomic mass is 35.5. The van der Waals surface area contributed by atoms with Gasteiger partial charge in [-0.15, -0.1) is 0 Å². The van der Waals surface area contributed by atoms with Crippen LogP contribution in [0, 0.1) is 23.7 Å². The van der Waals surface area contributed by atoms with Gasteiger partial charge in [0.1, 0.15) is 41.8 Å². The topological polar surface area (TPSA) is 250 Å². The summed E-state index contributed by atoms with van der Waals surface area (Å²) in [5.74, 6) is -7.23. The quantitative estimate of drug-likeness (QED) is 0.230. The molecule has 6 rings (SSSR count). The summed E-state index contributed by atoms with van der Waals surface area (Å²) in [7, 11) is 10.3. The van der Waals surface area contributed by atoms with Crippen LogP contribution in [-0.2, 0) is 65.3 Å². The van der Waals surface area contributed by atoms with Gasteiger partial charge >= 0.3 is 6.18 Å². The first-order valence-electron chi connectivity index (χ1n) is 34.1. The fourth-order valence-electron chi connectivity index (χ4n) is 14.4. The monoisotopic (exact) mass is 1340 g/mol. The molecule has 8 atom stereocenters. The Hall–Kier alpha value is -6.53. The lowest BCUT2D eigenvalue weighted by molar-refractivity contribution is -0.153. The first kappa shape index (κ1) is 76.5. The summed E-state index contributed by atoms with van der Waals surface area (Å²) >= 11 is 6.14. The van der Waals surface area contributed by atoms with E-state index in [0.717, 1.165) is 73.3 Å². The number of likely N-dealkylation sites (N-methyl/N-ethyl adjacent to an activating group) is 7. The van der Waals surface area contributed by atoms with Crippen LogP contribution in [0.3, 0.4) is 0 Å². The Balaban J connectivity index is 1.39. The number of benzene rings is 1. The average molecular weight is 1350 g/mol. The van der Waals surface area contributed by atoms with E-state index in [-0.39, 0.29) is 75.7 Å². The van der Waals surface area contributed by atoms with Gasteiger partial charge in [0, 0.05) is 68.3 Å². The Morgan fingerprint density at radius 3 is 1.82 bits per heavy atom. The van der Waals surface area contributed by atoms with Crippen molar-refractivity contribution in [2.45, 2.75) is 230 Å². The van der Waals surface area contributed by atoms with Crippen molar-refractivity contribution >= 4 is 76.6 Å². The van der Waals surface area contributed by atoms with E-state index in [9.17, 15) is 51.5 Å². The molecule has 0 unspecified atom stereocenters. The van der Waals surface area contributed by atoms with E-state index in [1.54, 1.807) is 27.9 Å². The minimum Gasteiger partial charge on any atom is -0.343 e. The van der Waals surface area contributed by atoms with E-state index >= 15 is 14.4 Å². The average Bonchev–Trinajstić information content (AvgIpc) is 0.893. The third kappa shape index (κ3) is 19.4. The highest BCUT2D eigenvalue weighted by molar-refractivity contribution is 6.31. The maximum atomic E-state index is 15.4. The van der Waals surface area contributed by atoms with Crippen LogP contribution in [0.5, 0.6) is 0 Å². The molecule has 1 aromatic carbocycles. The van der Waals surface area contributed by atoms with Crippen molar-refractivity contribution < 1.29 is 65.9 Å². The molecule has 0 aromatic heterocycles. The second-order valence-corrected chi connectivity index (χ2v) is 28.5. The van der Waals surface area contributed by atoms with Crippen molar-refractivity contribution in [3.63, 3.8) is 0 Å². The molecule has 526 valence electrons. The lowest BCUT2D eigenvalue weighted by Crippen LogP contribution is -2.65. The van der Waals surface area contributed by atoms with Crippen LogP contribution >= 0.6 is 11.6 Å². The molecular weight excluding hydrogens is 1240 g/mol. The molecule has 0 radical (unpaired) electrons. The zero-order valence-corrected chi connectivity index (χ0v) is 58.3. The van der Waals surface area contributed by atoms with Crippen molar-refractivity contribution in [1.82, 2.24) is 55.1 Å². The van der Waals surface area contributed by atoms with Gasteiger partial charge < -0.3 is 55.1 Å². The Morgan fingerprint density at radius 2 is 1.22 bits per heavy atom. The van der Waals surface area contributed by atoms with Gasteiger partial charge in [-0.1, -0.05) is 116 Å². The third-order valence-corrected chi connectivity index (χ3v) is 21.0. The largest absolute Gasteiger partial charge is 0.417 e. The number of fused-ring (bicyclic) bond motifs is 1. The molecular formula is C68H105ClF3N11O11. The van der Waals surface area contributed by atoms with Crippen molar-refractivity contribution in [2.24, 2.45) is 23.7 Å². The summed E-state index contributed by atoms with van der Waals surface area (Å²) in [6.45, 7) is 7.63. The molecule has 5 aliphatic rings. The highest BCUT2D eigenvalue weighted by Gasteiger charge is 2.51. The first-order chi connectivity index (χ1) is 44.2. The van der Waals surface area contributed by atoms with E-state index in [1.165, 1.54) is 70.7 Å². The van der Waals surface area contributed by atoms with E-state index in [1.807, 2.05) is 20.8 Å². The second kappa shape index (κ2) is 33.9. The zero-order chi connectivity index (χ0) is 69.7. The summed E-state index contributed by atoms with van der Waals surface area (Å²) < 4.78 is 41.5. The number of carbonyl (C=O) groups excluding carboxylic acids is 11. The molecule has 1 spiro atoms. The number of nitrogens with zero attached hydrogens (tertiary/aromatic N) is 8. The number of hydrogen-bond acceptors (Lipinski definition) is 11. The van der Waals surface area contributed by atoms with Crippen LogP contribution in [0.25, 0.3) is 0 Å². The molecule has 1 aromatic rings. The molecule has 3 N–H and O–H groups in total. The van der Waals surface area contributed by atoms with Crippen molar-refractivity contribution in [2.75, 3.05) is 75.5 Å². The fraction of sp³-hybridized carbons (Fsp3) is 0.750. The van der Waals surface area contributed by atoms with Crippen molar-refractivity contribution in [3.05, 3.63) is 34.3 Å². The maximum Gasteiger partial charge on any atom is 0.417 e. The normalized spacial score (nSPS) is 26.9. The van der Waals surface area contributed by atoms with Gasteiger partial charge in [-0.2, -0.15) is 13.2 Å². The number of nitrogens with one attached hydrogen (secondary N) is 3. The third-order valence-electron chi connectivity index (χ3n) is 20.7. The first-order valence-corrected chi connectivity index (χ1v) is 34.5. The number of alkyl halides is 3. The minimum atomic E-state index is -4.74. The van der Waals surface area contributed by atoms with Crippen molar-refractivity contribution in [3.8, 4) is 0 Å². The molecule has 22 nitrogen and oxygen atoms in total. The Kier molecular flexibility index (Phi) is 27.6. The summed E-state index contributed by atoms with van der Waals surface area (Å²) in [6.07, 6.45) is 6.10. The summed E-state index contributed by atoms with van der Waals surface area (Å²) in [5.41, 5.74) is -2.22. The van der Waals surface area contributed by atoms with E-state index in [0.29, 0.717) is 44.1 Å². The molecule has 3 aliphatic carbocycles. The summed E-state index contributed by atoms with van der Waals surface area (Å²) in [4.78, 5) is 172. The van der Waals surface area contributed by atoms with E-state index in [4.69, 9.17) is 11.6 Å². The fourth-order valence-corrected chi connectivity index (χ4v) is 14.7. The molecule has 2 heterocycles. The van der Waals surface area contributed by atoms with Crippen LogP contribution < -0.4 is 16.0 Å².